The van der Waals surface area contributed by atoms with Crippen LogP contribution in [0.4, 0.5) is 5.69 Å². The smallest absolute Gasteiger partial charge is 0.338 e. The molecule has 1 unspecified atom stereocenters. The van der Waals surface area contributed by atoms with Crippen molar-refractivity contribution in [1.29, 1.82) is 0 Å². The zero-order valence-electron chi connectivity index (χ0n) is 19.1. The highest BCUT2D eigenvalue weighted by atomic mass is 32.2. The highest BCUT2D eigenvalue weighted by Gasteiger charge is 2.25. The third-order valence-electron chi connectivity index (χ3n) is 5.78. The van der Waals surface area contributed by atoms with E-state index in [-0.39, 0.29) is 22.4 Å². The number of carbonyl (C=O) groups is 2. The van der Waals surface area contributed by atoms with E-state index in [4.69, 9.17) is 9.47 Å². The van der Waals surface area contributed by atoms with Crippen LogP contribution in [0.2, 0.25) is 0 Å². The Morgan fingerprint density at radius 2 is 1.67 bits per heavy atom. The highest BCUT2D eigenvalue weighted by Crippen LogP contribution is 2.31. The van der Waals surface area contributed by atoms with Crippen LogP contribution in [0.1, 0.15) is 49.4 Å². The number of esters is 1. The zero-order valence-corrected chi connectivity index (χ0v) is 19.9. The van der Waals surface area contributed by atoms with E-state index in [9.17, 15) is 18.0 Å². The maximum Gasteiger partial charge on any atom is 0.338 e. The number of anilines is 1. The summed E-state index contributed by atoms with van der Waals surface area (Å²) in [5.74, 6) is -0.597. The second-order valence-corrected chi connectivity index (χ2v) is 10.0. The van der Waals surface area contributed by atoms with Gasteiger partial charge in [0.05, 0.1) is 23.3 Å². The Morgan fingerprint density at radius 3 is 2.30 bits per heavy atom. The van der Waals surface area contributed by atoms with Gasteiger partial charge in [-0.15, -0.1) is 0 Å². The molecule has 1 aliphatic carbocycles. The Bertz CT molecular complexity index is 1080. The quantitative estimate of drug-likeness (QED) is 0.588. The molecule has 1 aliphatic rings. The molecule has 0 radical (unpaired) electrons. The molecule has 1 amide bonds. The standard InChI is InChI=1S/C24H30N2O6S/c1-17(23(27)25-19-9-5-4-6-10-19)32-24(28)18-13-15-20(16-14-18)33(29,30)26(2)21-11-7-8-12-22(21)31-3/h7-8,11-17,19H,4-6,9-10H2,1-3H3,(H,25,27). The Labute approximate surface area is 194 Å². The van der Waals surface area contributed by atoms with Crippen molar-refractivity contribution in [3.05, 3.63) is 54.1 Å². The average Bonchev–Trinajstić information content (AvgIpc) is 2.84. The Hall–Kier alpha value is -3.07. The topological polar surface area (TPSA) is 102 Å². The van der Waals surface area contributed by atoms with E-state index in [0.29, 0.717) is 11.4 Å². The predicted molar refractivity (Wildman–Crippen MR) is 125 cm³/mol. The molecule has 33 heavy (non-hydrogen) atoms. The van der Waals surface area contributed by atoms with Gasteiger partial charge in [-0.2, -0.15) is 0 Å². The van der Waals surface area contributed by atoms with Gasteiger partial charge in [-0.3, -0.25) is 9.10 Å². The third-order valence-corrected chi connectivity index (χ3v) is 7.56. The number of carbonyl (C=O) groups excluding carboxylic acids is 2. The van der Waals surface area contributed by atoms with Crippen LogP contribution in [0.25, 0.3) is 0 Å². The zero-order chi connectivity index (χ0) is 24.0. The summed E-state index contributed by atoms with van der Waals surface area (Å²) in [6, 6.07) is 12.3. The maximum atomic E-state index is 13.0. The summed E-state index contributed by atoms with van der Waals surface area (Å²) in [6.07, 6.45) is 4.27. The lowest BCUT2D eigenvalue weighted by atomic mass is 9.95. The van der Waals surface area contributed by atoms with E-state index >= 15 is 0 Å². The Balaban J connectivity index is 1.66. The number of ether oxygens (including phenoxy) is 2. The number of hydrogen-bond donors (Lipinski definition) is 1. The van der Waals surface area contributed by atoms with Crippen molar-refractivity contribution < 1.29 is 27.5 Å². The lowest BCUT2D eigenvalue weighted by molar-refractivity contribution is -0.130. The van der Waals surface area contributed by atoms with Gasteiger partial charge in [0.15, 0.2) is 6.10 Å². The molecule has 2 aromatic carbocycles. The SMILES string of the molecule is COc1ccccc1N(C)S(=O)(=O)c1ccc(C(=O)OC(C)C(=O)NC2CCCCC2)cc1. The van der Waals surface area contributed by atoms with Gasteiger partial charge in [0.25, 0.3) is 15.9 Å². The summed E-state index contributed by atoms with van der Waals surface area (Å²) in [7, 11) is -0.982. The minimum absolute atomic E-state index is 0.00976. The van der Waals surface area contributed by atoms with E-state index in [1.54, 1.807) is 24.3 Å². The van der Waals surface area contributed by atoms with Crippen LogP contribution >= 0.6 is 0 Å². The first kappa shape index (κ1) is 24.6. The van der Waals surface area contributed by atoms with Crippen molar-refractivity contribution in [1.82, 2.24) is 5.32 Å². The van der Waals surface area contributed by atoms with Crippen molar-refractivity contribution in [2.24, 2.45) is 0 Å². The van der Waals surface area contributed by atoms with Gasteiger partial charge < -0.3 is 14.8 Å². The summed E-state index contributed by atoms with van der Waals surface area (Å²) in [6.45, 7) is 1.52. The number of nitrogens with one attached hydrogen (secondary N) is 1. The molecule has 0 heterocycles. The van der Waals surface area contributed by atoms with Crippen molar-refractivity contribution in [2.45, 2.75) is 56.1 Å². The first-order chi connectivity index (χ1) is 15.7. The number of sulfonamides is 1. The van der Waals surface area contributed by atoms with E-state index in [0.717, 1.165) is 30.0 Å². The van der Waals surface area contributed by atoms with E-state index in [1.807, 2.05) is 0 Å². The second kappa shape index (κ2) is 10.7. The summed E-state index contributed by atoms with van der Waals surface area (Å²) in [5, 5.41) is 2.93. The van der Waals surface area contributed by atoms with Crippen LogP contribution in [-0.4, -0.2) is 46.6 Å². The van der Waals surface area contributed by atoms with Crippen LogP contribution in [0, 0.1) is 0 Å². The first-order valence-electron chi connectivity index (χ1n) is 11.0. The van der Waals surface area contributed by atoms with Gasteiger partial charge in [-0.1, -0.05) is 31.4 Å². The first-order valence-corrected chi connectivity index (χ1v) is 12.4. The number of nitrogens with zero attached hydrogens (tertiary/aromatic N) is 1. The molecule has 1 saturated carbocycles. The van der Waals surface area contributed by atoms with Crippen LogP contribution in [0.15, 0.2) is 53.4 Å². The lowest BCUT2D eigenvalue weighted by Crippen LogP contribution is -2.42. The largest absolute Gasteiger partial charge is 0.495 e. The third kappa shape index (κ3) is 5.84. The van der Waals surface area contributed by atoms with Crippen LogP contribution in [-0.2, 0) is 19.6 Å². The summed E-state index contributed by atoms with van der Waals surface area (Å²) in [4.78, 5) is 24.8. The Kier molecular flexibility index (Phi) is 7.97. The summed E-state index contributed by atoms with van der Waals surface area (Å²) in [5.41, 5.74) is 0.549. The van der Waals surface area contributed by atoms with Gasteiger partial charge in [-0.05, 0) is 56.2 Å². The molecule has 0 spiro atoms. The fourth-order valence-electron chi connectivity index (χ4n) is 3.79. The van der Waals surface area contributed by atoms with E-state index in [2.05, 4.69) is 5.32 Å². The fraction of sp³-hybridized carbons (Fsp3) is 0.417. The van der Waals surface area contributed by atoms with Crippen molar-refractivity contribution in [3.63, 3.8) is 0 Å². The fourth-order valence-corrected chi connectivity index (χ4v) is 4.99. The number of rotatable bonds is 8. The van der Waals surface area contributed by atoms with Gasteiger partial charge in [0.2, 0.25) is 0 Å². The number of hydrogen-bond acceptors (Lipinski definition) is 6. The highest BCUT2D eigenvalue weighted by molar-refractivity contribution is 7.92. The van der Waals surface area contributed by atoms with Gasteiger partial charge in [0, 0.05) is 13.1 Å². The average molecular weight is 475 g/mol. The molecule has 0 saturated heterocycles. The molecule has 8 nitrogen and oxygen atoms in total. The minimum atomic E-state index is -3.88. The molecule has 0 bridgehead atoms. The van der Waals surface area contributed by atoms with Crippen LogP contribution in [0.3, 0.4) is 0 Å². The molecule has 178 valence electrons. The second-order valence-electron chi connectivity index (χ2n) is 8.06. The minimum Gasteiger partial charge on any atom is -0.495 e. The molecule has 3 rings (SSSR count). The summed E-state index contributed by atoms with van der Waals surface area (Å²) < 4.78 is 37.7. The molecule has 0 aliphatic heterocycles. The summed E-state index contributed by atoms with van der Waals surface area (Å²) >= 11 is 0. The van der Waals surface area contributed by atoms with Gasteiger partial charge in [0.1, 0.15) is 5.75 Å². The Morgan fingerprint density at radius 1 is 1.03 bits per heavy atom. The molecule has 0 aromatic heterocycles. The number of methoxy groups -OCH3 is 1. The van der Waals surface area contributed by atoms with E-state index in [1.165, 1.54) is 51.8 Å². The molecule has 2 aromatic rings. The lowest BCUT2D eigenvalue weighted by Gasteiger charge is -2.24. The molecule has 9 heteroatoms. The predicted octanol–water partition coefficient (Wildman–Crippen LogP) is 3.51. The van der Waals surface area contributed by atoms with Gasteiger partial charge >= 0.3 is 5.97 Å². The number of amides is 1. The van der Waals surface area contributed by atoms with Gasteiger partial charge in [-0.25, -0.2) is 13.2 Å². The molecule has 1 fully saturated rings. The molecule has 1 atom stereocenters. The molecular weight excluding hydrogens is 444 g/mol. The monoisotopic (exact) mass is 474 g/mol. The van der Waals surface area contributed by atoms with Crippen LogP contribution < -0.4 is 14.4 Å². The van der Waals surface area contributed by atoms with Crippen molar-refractivity contribution in [2.75, 3.05) is 18.5 Å². The number of para-hydroxylation sites is 2. The molecular formula is C24H30N2O6S. The number of benzene rings is 2. The maximum absolute atomic E-state index is 13.0. The normalized spacial score (nSPS) is 15.4. The van der Waals surface area contributed by atoms with Crippen LogP contribution in [0.5, 0.6) is 5.75 Å². The molecule has 1 N–H and O–H groups in total. The van der Waals surface area contributed by atoms with Crippen molar-refractivity contribution in [3.8, 4) is 5.75 Å². The van der Waals surface area contributed by atoms with E-state index < -0.39 is 22.1 Å². The van der Waals surface area contributed by atoms with Crippen molar-refractivity contribution >= 4 is 27.6 Å².